The lowest BCUT2D eigenvalue weighted by Crippen LogP contribution is -1.89. The zero-order valence-electron chi connectivity index (χ0n) is 18.9. The standard InChI is InChI=1S/C24H19N7.C2H6/c1-3-5-18(16-6-4-7-25-10-16)19-8-22(29-15(19)2)24-20-9-21(17-11-26-14-27-12-17)28-13-23(20)30-31-24;1-2/h3-14,29H,1H2,2H3,(H,30,31);1-2H3/b18-5-;. The number of pyridine rings is 2. The summed E-state index contributed by atoms with van der Waals surface area (Å²) in [5, 5.41) is 8.60. The molecule has 33 heavy (non-hydrogen) atoms. The first-order valence-electron chi connectivity index (χ1n) is 10.8. The van der Waals surface area contributed by atoms with E-state index in [1.807, 2.05) is 44.3 Å². The first-order valence-corrected chi connectivity index (χ1v) is 10.8. The SMILES string of the molecule is C=C/C=C(/c1cccnc1)c1cc(-c2n[nH]c3cnc(-c4cncnc4)cc23)[nH]c1C.CC. The Morgan fingerprint density at radius 2 is 1.85 bits per heavy atom. The van der Waals surface area contributed by atoms with Crippen molar-refractivity contribution < 1.29 is 0 Å². The first-order chi connectivity index (χ1) is 16.2. The Bertz CT molecular complexity index is 1400. The van der Waals surface area contributed by atoms with Crippen molar-refractivity contribution in [2.75, 3.05) is 0 Å². The van der Waals surface area contributed by atoms with Gasteiger partial charge in [0.25, 0.3) is 0 Å². The van der Waals surface area contributed by atoms with E-state index in [1.165, 1.54) is 6.33 Å². The van der Waals surface area contributed by atoms with E-state index in [-0.39, 0.29) is 0 Å². The van der Waals surface area contributed by atoms with Crippen LogP contribution in [0.1, 0.15) is 30.7 Å². The topological polar surface area (TPSA) is 96.0 Å². The maximum atomic E-state index is 4.55. The molecule has 5 aromatic rings. The number of nitrogens with one attached hydrogen (secondary N) is 2. The van der Waals surface area contributed by atoms with Gasteiger partial charge in [0.1, 0.15) is 12.0 Å². The van der Waals surface area contributed by atoms with Crippen LogP contribution in [-0.2, 0) is 0 Å². The zero-order chi connectivity index (χ0) is 23.2. The fourth-order valence-corrected chi connectivity index (χ4v) is 3.66. The second-order valence-electron chi connectivity index (χ2n) is 7.09. The molecule has 5 rings (SSSR count). The third-order valence-electron chi connectivity index (χ3n) is 5.12. The van der Waals surface area contributed by atoms with Gasteiger partial charge in [0.2, 0.25) is 0 Å². The molecule has 0 bridgehead atoms. The Hall–Kier alpha value is -4.39. The van der Waals surface area contributed by atoms with Crippen LogP contribution in [0.25, 0.3) is 39.1 Å². The molecule has 0 amide bonds. The van der Waals surface area contributed by atoms with Crippen molar-refractivity contribution >= 4 is 16.5 Å². The molecule has 7 nitrogen and oxygen atoms in total. The van der Waals surface area contributed by atoms with Gasteiger partial charge in [-0.3, -0.25) is 15.1 Å². The molecule has 0 saturated carbocycles. The van der Waals surface area contributed by atoms with E-state index in [0.717, 1.165) is 55.9 Å². The lowest BCUT2D eigenvalue weighted by Gasteiger charge is -2.06. The van der Waals surface area contributed by atoms with Crippen molar-refractivity contribution in [2.24, 2.45) is 0 Å². The minimum atomic E-state index is 0.793. The predicted octanol–water partition coefficient (Wildman–Crippen LogP) is 5.76. The second-order valence-corrected chi connectivity index (χ2v) is 7.09. The fourth-order valence-electron chi connectivity index (χ4n) is 3.66. The minimum absolute atomic E-state index is 0.793. The molecular weight excluding hydrogens is 410 g/mol. The average molecular weight is 436 g/mol. The summed E-state index contributed by atoms with van der Waals surface area (Å²) in [4.78, 5) is 20.4. The summed E-state index contributed by atoms with van der Waals surface area (Å²) >= 11 is 0. The van der Waals surface area contributed by atoms with Crippen molar-refractivity contribution in [3.63, 3.8) is 0 Å². The highest BCUT2D eigenvalue weighted by Gasteiger charge is 2.16. The molecular formula is C26H25N7. The van der Waals surface area contributed by atoms with Crippen LogP contribution in [0.4, 0.5) is 0 Å². The molecule has 0 saturated heterocycles. The van der Waals surface area contributed by atoms with E-state index in [2.05, 4.69) is 54.7 Å². The summed E-state index contributed by atoms with van der Waals surface area (Å²) in [6.07, 6.45) is 14.2. The van der Waals surface area contributed by atoms with E-state index in [4.69, 9.17) is 0 Å². The Kier molecular flexibility index (Phi) is 6.50. The third kappa shape index (κ3) is 4.34. The van der Waals surface area contributed by atoms with Gasteiger partial charge in [-0.05, 0) is 30.7 Å². The third-order valence-corrected chi connectivity index (χ3v) is 5.12. The van der Waals surface area contributed by atoms with Gasteiger partial charge in [-0.1, -0.05) is 38.6 Å². The smallest absolute Gasteiger partial charge is 0.116 e. The lowest BCUT2D eigenvalue weighted by atomic mass is 9.99. The van der Waals surface area contributed by atoms with Crippen LogP contribution in [0.15, 0.2) is 80.3 Å². The van der Waals surface area contributed by atoms with E-state index < -0.39 is 0 Å². The monoisotopic (exact) mass is 435 g/mol. The van der Waals surface area contributed by atoms with Crippen LogP contribution in [-0.4, -0.2) is 35.1 Å². The minimum Gasteiger partial charge on any atom is -0.357 e. The molecule has 0 unspecified atom stereocenters. The molecule has 0 radical (unpaired) electrons. The molecule has 5 aromatic heterocycles. The number of hydrogen-bond donors (Lipinski definition) is 2. The average Bonchev–Trinajstić information content (AvgIpc) is 3.47. The van der Waals surface area contributed by atoms with E-state index in [1.54, 1.807) is 30.9 Å². The Morgan fingerprint density at radius 3 is 2.58 bits per heavy atom. The number of allylic oxidation sites excluding steroid dienone is 2. The van der Waals surface area contributed by atoms with Crippen LogP contribution in [0.5, 0.6) is 0 Å². The highest BCUT2D eigenvalue weighted by atomic mass is 15.1. The van der Waals surface area contributed by atoms with Gasteiger partial charge in [-0.25, -0.2) is 9.97 Å². The van der Waals surface area contributed by atoms with Gasteiger partial charge in [0.05, 0.1) is 23.1 Å². The number of aromatic amines is 2. The van der Waals surface area contributed by atoms with Gasteiger partial charge in [-0.2, -0.15) is 5.10 Å². The highest BCUT2D eigenvalue weighted by Crippen LogP contribution is 2.33. The van der Waals surface area contributed by atoms with Crippen molar-refractivity contribution in [1.82, 2.24) is 35.1 Å². The number of aromatic nitrogens is 7. The van der Waals surface area contributed by atoms with Crippen LogP contribution in [0.2, 0.25) is 0 Å². The Morgan fingerprint density at radius 1 is 1.03 bits per heavy atom. The summed E-state index contributed by atoms with van der Waals surface area (Å²) in [6, 6.07) is 8.08. The van der Waals surface area contributed by atoms with Crippen LogP contribution >= 0.6 is 0 Å². The fraction of sp³-hybridized carbons (Fsp3) is 0.115. The quantitative estimate of drug-likeness (QED) is 0.342. The first kappa shape index (κ1) is 21.8. The highest BCUT2D eigenvalue weighted by molar-refractivity contribution is 5.95. The Balaban J connectivity index is 0.00000126. The summed E-state index contributed by atoms with van der Waals surface area (Å²) in [6.45, 7) is 9.93. The van der Waals surface area contributed by atoms with Crippen LogP contribution < -0.4 is 0 Å². The number of aryl methyl sites for hydroxylation is 1. The summed E-state index contributed by atoms with van der Waals surface area (Å²) < 4.78 is 0. The van der Waals surface area contributed by atoms with E-state index >= 15 is 0 Å². The molecule has 0 atom stereocenters. The molecule has 7 heteroatoms. The molecule has 5 heterocycles. The molecule has 0 aliphatic rings. The predicted molar refractivity (Wildman–Crippen MR) is 132 cm³/mol. The molecule has 0 spiro atoms. The lowest BCUT2D eigenvalue weighted by molar-refractivity contribution is 1.11. The maximum absolute atomic E-state index is 4.55. The molecule has 0 aliphatic carbocycles. The number of hydrogen-bond acceptors (Lipinski definition) is 5. The Labute approximate surface area is 192 Å². The van der Waals surface area contributed by atoms with Crippen LogP contribution in [0.3, 0.4) is 0 Å². The van der Waals surface area contributed by atoms with Gasteiger partial charge in [0, 0.05) is 52.6 Å². The largest absolute Gasteiger partial charge is 0.357 e. The maximum Gasteiger partial charge on any atom is 0.116 e. The summed E-state index contributed by atoms with van der Waals surface area (Å²) in [7, 11) is 0. The van der Waals surface area contributed by atoms with Gasteiger partial charge in [-0.15, -0.1) is 0 Å². The molecule has 2 N–H and O–H groups in total. The summed E-state index contributed by atoms with van der Waals surface area (Å²) in [5.41, 5.74) is 8.44. The van der Waals surface area contributed by atoms with Gasteiger partial charge in [0.15, 0.2) is 0 Å². The normalized spacial score (nSPS) is 11.2. The molecule has 164 valence electrons. The molecule has 0 fully saturated rings. The number of fused-ring (bicyclic) bond motifs is 1. The van der Waals surface area contributed by atoms with E-state index in [9.17, 15) is 0 Å². The van der Waals surface area contributed by atoms with Crippen molar-refractivity contribution in [1.29, 1.82) is 0 Å². The molecule has 0 aromatic carbocycles. The zero-order valence-corrected chi connectivity index (χ0v) is 18.9. The van der Waals surface area contributed by atoms with Crippen LogP contribution in [0, 0.1) is 6.92 Å². The summed E-state index contributed by atoms with van der Waals surface area (Å²) in [5.74, 6) is 0. The molecule has 0 aliphatic heterocycles. The van der Waals surface area contributed by atoms with Crippen molar-refractivity contribution in [3.8, 4) is 22.6 Å². The second kappa shape index (κ2) is 9.82. The van der Waals surface area contributed by atoms with Crippen molar-refractivity contribution in [2.45, 2.75) is 20.8 Å². The number of rotatable bonds is 5. The number of H-pyrrole nitrogens is 2. The van der Waals surface area contributed by atoms with Gasteiger partial charge >= 0.3 is 0 Å². The van der Waals surface area contributed by atoms with Gasteiger partial charge < -0.3 is 4.98 Å². The number of nitrogens with zero attached hydrogens (tertiary/aromatic N) is 5. The van der Waals surface area contributed by atoms with E-state index in [0.29, 0.717) is 0 Å². The van der Waals surface area contributed by atoms with Crippen molar-refractivity contribution in [3.05, 3.63) is 97.1 Å².